The largest absolute Gasteiger partial charge is 1.00 e. The second kappa shape index (κ2) is 15.2. The highest BCUT2D eigenvalue weighted by atomic mass is 79.9. The number of amides is 2. The highest BCUT2D eigenvalue weighted by Gasteiger charge is 2.13. The van der Waals surface area contributed by atoms with Gasteiger partial charge in [0.05, 0.1) is 23.4 Å². The first kappa shape index (κ1) is 30.1. The molecule has 39 heavy (non-hydrogen) atoms. The molecule has 204 valence electrons. The molecule has 0 aliphatic heterocycles. The predicted molar refractivity (Wildman–Crippen MR) is 152 cm³/mol. The lowest BCUT2D eigenvalue weighted by molar-refractivity contribution is -0.697. The van der Waals surface area contributed by atoms with Gasteiger partial charge in [0.2, 0.25) is 0 Å². The number of ether oxygens (including phenoxy) is 2. The van der Waals surface area contributed by atoms with Crippen LogP contribution in [0.25, 0.3) is 10.8 Å². The van der Waals surface area contributed by atoms with Gasteiger partial charge in [0.1, 0.15) is 18.7 Å². The number of nitrogens with one attached hydrogen (secondary N) is 2. The van der Waals surface area contributed by atoms with Crippen molar-refractivity contribution in [3.63, 3.8) is 0 Å². The highest BCUT2D eigenvalue weighted by molar-refractivity contribution is 9.10. The van der Waals surface area contributed by atoms with E-state index in [4.69, 9.17) is 9.47 Å². The Bertz CT molecular complexity index is 1390. The van der Waals surface area contributed by atoms with E-state index in [1.807, 2.05) is 89.8 Å². The van der Waals surface area contributed by atoms with Gasteiger partial charge in [0, 0.05) is 17.5 Å². The maximum Gasteiger partial charge on any atom is 0.411 e. The SMILES string of the molecule is CCC[n+]1cc(Br)cc(C(=O)Nc2ccc(CCOCCOC(=O)Nc3cccc4ccccc34)cc2)c1.[Cl-]. The topological polar surface area (TPSA) is 80.5 Å². The molecule has 0 aliphatic rings. The summed E-state index contributed by atoms with van der Waals surface area (Å²) in [7, 11) is 0. The third-order valence-corrected chi connectivity index (χ3v) is 6.30. The van der Waals surface area contributed by atoms with E-state index < -0.39 is 6.09 Å². The minimum atomic E-state index is -0.509. The zero-order valence-electron chi connectivity index (χ0n) is 21.7. The molecule has 0 unspecified atom stereocenters. The van der Waals surface area contributed by atoms with E-state index in [2.05, 4.69) is 33.5 Å². The summed E-state index contributed by atoms with van der Waals surface area (Å²) in [6.07, 6.45) is 5.00. The van der Waals surface area contributed by atoms with Gasteiger partial charge in [-0.05, 0) is 57.6 Å². The Morgan fingerprint density at radius 3 is 2.46 bits per heavy atom. The monoisotopic (exact) mass is 611 g/mol. The Hall–Kier alpha value is -3.46. The first-order chi connectivity index (χ1) is 18.5. The summed E-state index contributed by atoms with van der Waals surface area (Å²) < 4.78 is 13.7. The maximum atomic E-state index is 12.7. The van der Waals surface area contributed by atoms with Crippen molar-refractivity contribution in [2.24, 2.45) is 0 Å². The summed E-state index contributed by atoms with van der Waals surface area (Å²) in [5.74, 6) is -0.156. The Kier molecular flexibility index (Phi) is 11.7. The van der Waals surface area contributed by atoms with Crippen LogP contribution in [-0.4, -0.2) is 31.8 Å². The molecule has 2 N–H and O–H groups in total. The summed E-state index contributed by atoms with van der Waals surface area (Å²) in [4.78, 5) is 24.8. The average Bonchev–Trinajstić information content (AvgIpc) is 2.91. The second-order valence-corrected chi connectivity index (χ2v) is 9.70. The summed E-state index contributed by atoms with van der Waals surface area (Å²) in [6, 6.07) is 23.1. The normalized spacial score (nSPS) is 10.5. The fourth-order valence-electron chi connectivity index (χ4n) is 4.03. The molecule has 0 radical (unpaired) electrons. The smallest absolute Gasteiger partial charge is 0.411 e. The van der Waals surface area contributed by atoms with Crippen LogP contribution >= 0.6 is 15.9 Å². The second-order valence-electron chi connectivity index (χ2n) is 8.78. The van der Waals surface area contributed by atoms with Crippen LogP contribution in [0.5, 0.6) is 0 Å². The van der Waals surface area contributed by atoms with E-state index >= 15 is 0 Å². The molecule has 7 nitrogen and oxygen atoms in total. The number of halogens is 2. The predicted octanol–water partition coefficient (Wildman–Crippen LogP) is 3.36. The summed E-state index contributed by atoms with van der Waals surface area (Å²) in [5.41, 5.74) is 3.12. The number of hydrogen-bond donors (Lipinski definition) is 2. The fraction of sp³-hybridized carbons (Fsp3) is 0.233. The first-order valence-corrected chi connectivity index (χ1v) is 13.4. The first-order valence-electron chi connectivity index (χ1n) is 12.6. The Morgan fingerprint density at radius 1 is 0.897 bits per heavy atom. The summed E-state index contributed by atoms with van der Waals surface area (Å²) >= 11 is 3.47. The van der Waals surface area contributed by atoms with Crippen molar-refractivity contribution >= 4 is 50.1 Å². The van der Waals surface area contributed by atoms with Crippen LogP contribution in [0.2, 0.25) is 0 Å². The standard InChI is InChI=1S/C30H30BrN3O4.ClH/c1-2-15-34-20-24(19-25(31)21-34)29(35)32-26-12-10-22(11-13-26)14-16-37-17-18-38-30(36)33-28-9-5-7-23-6-3-4-8-27(23)28;/h3-13,19-21H,2,14-18H2,1H3,(H-,32,33,35,36);1H. The van der Waals surface area contributed by atoms with Crippen molar-refractivity contribution in [1.29, 1.82) is 0 Å². The van der Waals surface area contributed by atoms with Gasteiger partial charge in [0.25, 0.3) is 5.91 Å². The number of anilines is 2. The van der Waals surface area contributed by atoms with Crippen molar-refractivity contribution in [2.75, 3.05) is 30.5 Å². The number of benzene rings is 3. The molecule has 0 saturated carbocycles. The molecule has 1 heterocycles. The number of pyridine rings is 1. The highest BCUT2D eigenvalue weighted by Crippen LogP contribution is 2.23. The van der Waals surface area contributed by atoms with Crippen LogP contribution in [-0.2, 0) is 22.4 Å². The van der Waals surface area contributed by atoms with Gasteiger partial charge in [-0.2, -0.15) is 0 Å². The van der Waals surface area contributed by atoms with Crippen LogP contribution < -0.4 is 27.6 Å². The van der Waals surface area contributed by atoms with Gasteiger partial charge in [-0.1, -0.05) is 55.5 Å². The average molecular weight is 613 g/mol. The Balaban J connectivity index is 0.00000420. The van der Waals surface area contributed by atoms with Gasteiger partial charge < -0.3 is 27.2 Å². The molecule has 4 rings (SSSR count). The third-order valence-electron chi connectivity index (χ3n) is 5.87. The molecule has 4 aromatic rings. The van der Waals surface area contributed by atoms with Crippen LogP contribution in [0.3, 0.4) is 0 Å². The summed E-state index contributed by atoms with van der Waals surface area (Å²) in [6.45, 7) is 3.91. The zero-order chi connectivity index (χ0) is 26.7. The fourth-order valence-corrected chi connectivity index (χ4v) is 4.54. The molecule has 9 heteroatoms. The van der Waals surface area contributed by atoms with Crippen LogP contribution in [0, 0.1) is 0 Å². The molecular formula is C30H31BrClN3O4. The number of carbonyl (C=O) groups excluding carboxylic acids is 2. The number of nitrogens with zero attached hydrogens (tertiary/aromatic N) is 1. The number of rotatable bonds is 11. The van der Waals surface area contributed by atoms with Gasteiger partial charge in [-0.3, -0.25) is 10.1 Å². The Labute approximate surface area is 243 Å². The number of carbonyl (C=O) groups is 2. The molecule has 0 atom stereocenters. The van der Waals surface area contributed by atoms with Gasteiger partial charge in [-0.25, -0.2) is 9.36 Å². The lowest BCUT2D eigenvalue weighted by Crippen LogP contribution is -3.00. The molecule has 0 aliphatic carbocycles. The number of fused-ring (bicyclic) bond motifs is 1. The van der Waals surface area contributed by atoms with E-state index in [9.17, 15) is 9.59 Å². The number of aryl methyl sites for hydroxylation is 1. The molecule has 0 fully saturated rings. The van der Waals surface area contributed by atoms with E-state index in [0.29, 0.717) is 30.9 Å². The third kappa shape index (κ3) is 9.06. The Morgan fingerprint density at radius 2 is 1.67 bits per heavy atom. The minimum Gasteiger partial charge on any atom is -1.00 e. The van der Waals surface area contributed by atoms with Crippen molar-refractivity contribution < 1.29 is 36.0 Å². The van der Waals surface area contributed by atoms with Gasteiger partial charge >= 0.3 is 6.09 Å². The number of hydrogen-bond acceptors (Lipinski definition) is 4. The minimum absolute atomic E-state index is 0. The van der Waals surface area contributed by atoms with E-state index in [1.54, 1.807) is 0 Å². The zero-order valence-corrected chi connectivity index (χ0v) is 24.0. The lowest BCUT2D eigenvalue weighted by atomic mass is 10.1. The lowest BCUT2D eigenvalue weighted by Gasteiger charge is -2.10. The molecule has 0 bridgehead atoms. The molecule has 1 aromatic heterocycles. The maximum absolute atomic E-state index is 12.7. The van der Waals surface area contributed by atoms with Gasteiger partial charge in [-0.15, -0.1) is 0 Å². The van der Waals surface area contributed by atoms with Crippen molar-refractivity contribution in [3.05, 3.63) is 101 Å². The molecule has 2 amide bonds. The van der Waals surface area contributed by atoms with Crippen molar-refractivity contribution in [1.82, 2.24) is 0 Å². The van der Waals surface area contributed by atoms with Crippen LogP contribution in [0.1, 0.15) is 29.3 Å². The van der Waals surface area contributed by atoms with Crippen LogP contribution in [0.15, 0.2) is 89.7 Å². The molecule has 0 saturated heterocycles. The molecular weight excluding hydrogens is 582 g/mol. The van der Waals surface area contributed by atoms with Crippen molar-refractivity contribution in [3.8, 4) is 0 Å². The number of aromatic nitrogens is 1. The van der Waals surface area contributed by atoms with Crippen LogP contribution in [0.4, 0.5) is 16.2 Å². The summed E-state index contributed by atoms with van der Waals surface area (Å²) in [5, 5.41) is 7.75. The van der Waals surface area contributed by atoms with E-state index in [0.717, 1.165) is 39.5 Å². The quantitative estimate of drug-likeness (QED) is 0.201. The molecule has 0 spiro atoms. The van der Waals surface area contributed by atoms with E-state index in [1.165, 1.54) is 0 Å². The van der Waals surface area contributed by atoms with Gasteiger partial charge in [0.15, 0.2) is 12.4 Å². The van der Waals surface area contributed by atoms with Crippen molar-refractivity contribution in [2.45, 2.75) is 26.3 Å². The van der Waals surface area contributed by atoms with E-state index in [-0.39, 0.29) is 24.9 Å². The molecule has 3 aromatic carbocycles.